The molecule has 0 saturated heterocycles. The molecule has 0 bridgehead atoms. The number of ether oxygens (including phenoxy) is 1. The highest BCUT2D eigenvalue weighted by molar-refractivity contribution is 6.02. The molecule has 150 valence electrons. The molecule has 0 aliphatic rings. The average molecular weight is 378 g/mol. The highest BCUT2D eigenvalue weighted by Gasteiger charge is 2.23. The molecule has 1 rings (SSSR count). The minimum absolute atomic E-state index is 0.0872. The summed E-state index contributed by atoms with van der Waals surface area (Å²) in [5, 5.41) is 28.7. The minimum atomic E-state index is -0.419. The van der Waals surface area contributed by atoms with Gasteiger partial charge in [0.2, 0.25) is 0 Å². The molecule has 1 aromatic rings. The Kier molecular flexibility index (Phi) is 9.05. The van der Waals surface area contributed by atoms with E-state index in [-0.39, 0.29) is 41.1 Å². The fourth-order valence-electron chi connectivity index (χ4n) is 2.50. The van der Waals surface area contributed by atoms with Crippen molar-refractivity contribution >= 4 is 5.78 Å². The van der Waals surface area contributed by atoms with Crippen LogP contribution in [-0.4, -0.2) is 34.0 Å². The van der Waals surface area contributed by atoms with Crippen molar-refractivity contribution in [2.75, 3.05) is 6.61 Å². The summed E-state index contributed by atoms with van der Waals surface area (Å²) in [4.78, 5) is 16.9. The van der Waals surface area contributed by atoms with Crippen molar-refractivity contribution in [3.05, 3.63) is 41.5 Å². The van der Waals surface area contributed by atoms with Crippen LogP contribution in [0.1, 0.15) is 57.3 Å². The molecule has 2 unspecified atom stereocenters. The number of ketones is 1. The third-order valence-corrected chi connectivity index (χ3v) is 4.52. The topological polar surface area (TPSA) is 96.2 Å². The summed E-state index contributed by atoms with van der Waals surface area (Å²) in [6.07, 6.45) is 3.31. The lowest BCUT2D eigenvalue weighted by molar-refractivity contribution is -0.269. The number of aromatic hydroxyl groups is 2. The van der Waals surface area contributed by atoms with Crippen molar-refractivity contribution in [3.63, 3.8) is 0 Å². The van der Waals surface area contributed by atoms with Gasteiger partial charge in [-0.25, -0.2) is 4.89 Å². The number of carbonyl (C=O) groups excluding carboxylic acids is 1. The van der Waals surface area contributed by atoms with E-state index >= 15 is 0 Å². The molecule has 0 saturated carbocycles. The maximum atomic E-state index is 12.5. The quantitative estimate of drug-likeness (QED) is 0.220. The van der Waals surface area contributed by atoms with E-state index in [4.69, 9.17) is 9.99 Å². The molecule has 0 radical (unpaired) electrons. The molecule has 2 atom stereocenters. The van der Waals surface area contributed by atoms with Gasteiger partial charge in [-0.15, -0.1) is 0 Å². The van der Waals surface area contributed by atoms with Gasteiger partial charge in [0.05, 0.1) is 0 Å². The zero-order valence-corrected chi connectivity index (χ0v) is 16.5. The molecular formula is C21H30O6. The molecule has 0 fully saturated rings. The van der Waals surface area contributed by atoms with Crippen LogP contribution >= 0.6 is 0 Å². The van der Waals surface area contributed by atoms with Gasteiger partial charge in [-0.1, -0.05) is 26.0 Å². The van der Waals surface area contributed by atoms with E-state index in [1.54, 1.807) is 13.8 Å². The van der Waals surface area contributed by atoms with E-state index in [1.807, 2.05) is 19.9 Å². The Morgan fingerprint density at radius 3 is 2.52 bits per heavy atom. The first-order valence-corrected chi connectivity index (χ1v) is 9.05. The summed E-state index contributed by atoms with van der Waals surface area (Å²) in [5.74, 6) is -0.804. The van der Waals surface area contributed by atoms with Crippen LogP contribution in [-0.2, 0) is 4.89 Å². The lowest BCUT2D eigenvalue weighted by atomic mass is 9.95. The van der Waals surface area contributed by atoms with Gasteiger partial charge in [-0.05, 0) is 44.8 Å². The van der Waals surface area contributed by atoms with Crippen molar-refractivity contribution in [1.29, 1.82) is 0 Å². The second-order valence-corrected chi connectivity index (χ2v) is 6.85. The molecule has 0 amide bonds. The monoisotopic (exact) mass is 378 g/mol. The number of rotatable bonds is 11. The Hall–Kier alpha value is -2.31. The van der Waals surface area contributed by atoms with Crippen molar-refractivity contribution in [2.45, 2.75) is 53.1 Å². The van der Waals surface area contributed by atoms with Crippen LogP contribution in [0.3, 0.4) is 0 Å². The van der Waals surface area contributed by atoms with E-state index in [2.05, 4.69) is 11.5 Å². The second-order valence-electron chi connectivity index (χ2n) is 6.85. The SMILES string of the molecule is C=C(C)C(CC/C(C)=C/COc1cc(O)cc(O)c1C(=O)C(C)CC)OO. The lowest BCUT2D eigenvalue weighted by Gasteiger charge is -2.15. The van der Waals surface area contributed by atoms with Crippen molar-refractivity contribution in [3.8, 4) is 17.2 Å². The molecule has 6 nitrogen and oxygen atoms in total. The third-order valence-electron chi connectivity index (χ3n) is 4.52. The van der Waals surface area contributed by atoms with Crippen molar-refractivity contribution in [2.24, 2.45) is 5.92 Å². The maximum Gasteiger partial charge on any atom is 0.173 e. The van der Waals surface area contributed by atoms with Gasteiger partial charge in [-0.3, -0.25) is 10.1 Å². The standard InChI is InChI=1S/C21H30O6/c1-6-15(5)21(24)20-17(23)11-16(22)12-19(20)26-10-9-14(4)7-8-18(27-25)13(2)3/h9,11-12,15,18,22-23,25H,2,6-8,10H2,1,3-5H3/b14-9+. The largest absolute Gasteiger partial charge is 0.508 e. The van der Waals surface area contributed by atoms with Crippen LogP contribution in [0.5, 0.6) is 17.2 Å². The average Bonchev–Trinajstić information content (AvgIpc) is 2.60. The first kappa shape index (κ1) is 22.7. The van der Waals surface area contributed by atoms with Gasteiger partial charge >= 0.3 is 0 Å². The highest BCUT2D eigenvalue weighted by atomic mass is 17.1. The Morgan fingerprint density at radius 1 is 1.30 bits per heavy atom. The third kappa shape index (κ3) is 6.73. The summed E-state index contributed by atoms with van der Waals surface area (Å²) in [6, 6.07) is 2.46. The molecule has 27 heavy (non-hydrogen) atoms. The fourth-order valence-corrected chi connectivity index (χ4v) is 2.50. The van der Waals surface area contributed by atoms with Crippen LogP contribution in [0.15, 0.2) is 35.9 Å². The zero-order chi connectivity index (χ0) is 20.6. The van der Waals surface area contributed by atoms with Gasteiger partial charge in [-0.2, -0.15) is 0 Å². The number of phenolic OH excluding ortho intramolecular Hbond substituents is 2. The smallest absolute Gasteiger partial charge is 0.173 e. The van der Waals surface area contributed by atoms with E-state index in [1.165, 1.54) is 6.07 Å². The summed E-state index contributed by atoms with van der Waals surface area (Å²) in [5.41, 5.74) is 1.84. The summed E-state index contributed by atoms with van der Waals surface area (Å²) in [7, 11) is 0. The predicted molar refractivity (Wildman–Crippen MR) is 104 cm³/mol. The summed E-state index contributed by atoms with van der Waals surface area (Å²) >= 11 is 0. The Morgan fingerprint density at radius 2 is 1.96 bits per heavy atom. The lowest BCUT2D eigenvalue weighted by Crippen LogP contribution is -2.13. The van der Waals surface area contributed by atoms with Crippen LogP contribution in [0.2, 0.25) is 0 Å². The van der Waals surface area contributed by atoms with Crippen LogP contribution < -0.4 is 4.74 Å². The Bertz CT molecular complexity index is 692. The van der Waals surface area contributed by atoms with Gasteiger partial charge in [0, 0.05) is 18.1 Å². The van der Waals surface area contributed by atoms with Crippen LogP contribution in [0, 0.1) is 5.92 Å². The Balaban J connectivity index is 2.84. The van der Waals surface area contributed by atoms with E-state index in [0.717, 1.165) is 17.2 Å². The first-order valence-electron chi connectivity index (χ1n) is 9.05. The number of phenols is 2. The molecule has 0 heterocycles. The van der Waals surface area contributed by atoms with E-state index < -0.39 is 6.10 Å². The second kappa shape index (κ2) is 10.7. The molecular weight excluding hydrogens is 348 g/mol. The zero-order valence-electron chi connectivity index (χ0n) is 16.5. The van der Waals surface area contributed by atoms with Gasteiger partial charge in [0.15, 0.2) is 5.78 Å². The molecule has 0 aliphatic heterocycles. The number of hydrogen-bond donors (Lipinski definition) is 3. The van der Waals surface area contributed by atoms with Crippen molar-refractivity contribution in [1.82, 2.24) is 0 Å². The molecule has 0 spiro atoms. The molecule has 6 heteroatoms. The predicted octanol–water partition coefficient (Wildman–Crippen LogP) is 4.87. The molecule has 0 aliphatic carbocycles. The van der Waals surface area contributed by atoms with Gasteiger partial charge < -0.3 is 14.9 Å². The first-order chi connectivity index (χ1) is 12.7. The van der Waals surface area contributed by atoms with E-state index in [0.29, 0.717) is 19.3 Å². The van der Waals surface area contributed by atoms with Crippen LogP contribution in [0.4, 0.5) is 0 Å². The number of benzene rings is 1. The number of carbonyl (C=O) groups is 1. The summed E-state index contributed by atoms with van der Waals surface area (Å²) in [6.45, 7) is 11.3. The summed E-state index contributed by atoms with van der Waals surface area (Å²) < 4.78 is 5.65. The normalized spacial score (nSPS) is 13.9. The van der Waals surface area contributed by atoms with E-state index in [9.17, 15) is 15.0 Å². The molecule has 3 N–H and O–H groups in total. The minimum Gasteiger partial charge on any atom is -0.508 e. The fraction of sp³-hybridized carbons (Fsp3) is 0.476. The Labute approximate surface area is 160 Å². The molecule has 0 aromatic heterocycles. The molecule has 1 aromatic carbocycles. The number of allylic oxidation sites excluding steroid dienone is 1. The number of Topliss-reactive ketones (excluding diaryl/α,β-unsaturated/α-hetero) is 1. The van der Waals surface area contributed by atoms with Gasteiger partial charge in [0.25, 0.3) is 0 Å². The number of hydrogen-bond acceptors (Lipinski definition) is 6. The van der Waals surface area contributed by atoms with Crippen LogP contribution in [0.25, 0.3) is 0 Å². The highest BCUT2D eigenvalue weighted by Crippen LogP contribution is 2.35. The van der Waals surface area contributed by atoms with Gasteiger partial charge in [0.1, 0.15) is 35.5 Å². The van der Waals surface area contributed by atoms with Crippen molar-refractivity contribution < 1.29 is 29.9 Å². The maximum absolute atomic E-state index is 12.5.